The van der Waals surface area contributed by atoms with E-state index in [0.717, 1.165) is 96.4 Å². The Bertz CT molecular complexity index is 2470. The number of carbonyl (C=O) groups is 4. The summed E-state index contributed by atoms with van der Waals surface area (Å²) < 4.78 is 23.9. The Morgan fingerprint density at radius 3 is 2.22 bits per heavy atom. The van der Waals surface area contributed by atoms with Crippen LogP contribution in [0.2, 0.25) is 0 Å². The summed E-state index contributed by atoms with van der Waals surface area (Å²) in [4.78, 5) is 65.4. The van der Waals surface area contributed by atoms with Gasteiger partial charge in [0.05, 0.1) is 28.2 Å². The van der Waals surface area contributed by atoms with E-state index in [2.05, 4.69) is 25.1 Å². The highest BCUT2D eigenvalue weighted by Gasteiger charge is 2.47. The fraction of sp³-hybridized carbons (Fsp3) is 0.372. The van der Waals surface area contributed by atoms with E-state index in [9.17, 15) is 19.2 Å². The Balaban J connectivity index is 0.798. The van der Waals surface area contributed by atoms with E-state index in [0.29, 0.717) is 24.0 Å². The quantitative estimate of drug-likeness (QED) is 0.191. The highest BCUT2D eigenvalue weighted by Crippen LogP contribution is 2.41. The van der Waals surface area contributed by atoms with E-state index >= 15 is 4.39 Å². The molecule has 2 bridgehead atoms. The second-order valence-electron chi connectivity index (χ2n) is 16.2. The molecule has 5 aromatic rings. The van der Waals surface area contributed by atoms with Gasteiger partial charge in [-0.2, -0.15) is 5.10 Å². The standard InChI is InChI=1S/C43H42FN9O5/c44-33-18-31-32(43(57)52(42(31)56)34-16-17-36(54)48-41(34)55)19-35(33)51-22-27-12-13-28(51)21-50(27)20-24-6-10-26(11-7-24)53-40-37(39(45)46-23-47-40)38(49-53)25-8-14-30(15-9-25)58-29-4-2-1-3-5-29/h1-5,8-9,14-15,18-19,23-24,26-28,34H,6-7,10-13,16-17,20-22H2,(H2,45,46,47)(H,48,54,55). The average Bonchev–Trinajstić information content (AvgIpc) is 3.74. The molecule has 5 aliphatic heterocycles. The van der Waals surface area contributed by atoms with E-state index in [1.807, 2.05) is 59.3 Å². The van der Waals surface area contributed by atoms with Crippen molar-refractivity contribution in [2.75, 3.05) is 30.3 Å². The first kappa shape index (κ1) is 36.1. The Kier molecular flexibility index (Phi) is 8.92. The number of hydrogen-bond donors (Lipinski definition) is 2. The molecule has 7 heterocycles. The van der Waals surface area contributed by atoms with Crippen molar-refractivity contribution in [3.8, 4) is 22.8 Å². The molecule has 0 spiro atoms. The molecule has 2 aromatic heterocycles. The fourth-order valence-electron chi connectivity index (χ4n) is 9.79. The van der Waals surface area contributed by atoms with Crippen LogP contribution in [0.1, 0.15) is 78.1 Å². The van der Waals surface area contributed by atoms with E-state index in [4.69, 9.17) is 15.6 Å². The van der Waals surface area contributed by atoms with Crippen molar-refractivity contribution in [3.05, 3.63) is 90.0 Å². The molecule has 14 nitrogen and oxygen atoms in total. The summed E-state index contributed by atoms with van der Waals surface area (Å²) in [6.07, 6.45) is 7.44. The number of nitrogens with two attached hydrogens (primary N) is 1. The third-order valence-corrected chi connectivity index (χ3v) is 12.7. The lowest BCUT2D eigenvalue weighted by atomic mass is 9.83. The lowest BCUT2D eigenvalue weighted by Gasteiger charge is -2.53. The van der Waals surface area contributed by atoms with Gasteiger partial charge < -0.3 is 15.4 Å². The third-order valence-electron chi connectivity index (χ3n) is 12.7. The lowest BCUT2D eigenvalue weighted by Crippen LogP contribution is -2.63. The normalized spacial score (nSPS) is 24.7. The van der Waals surface area contributed by atoms with E-state index in [-0.39, 0.29) is 42.1 Å². The summed E-state index contributed by atoms with van der Waals surface area (Å²) in [5.74, 6) is -0.648. The van der Waals surface area contributed by atoms with Crippen LogP contribution in [0.25, 0.3) is 22.3 Å². The molecule has 58 heavy (non-hydrogen) atoms. The summed E-state index contributed by atoms with van der Waals surface area (Å²) in [6.45, 7) is 2.37. The van der Waals surface area contributed by atoms with Gasteiger partial charge in [0.15, 0.2) is 5.65 Å². The minimum absolute atomic E-state index is 0.0219. The van der Waals surface area contributed by atoms with Crippen LogP contribution in [0.4, 0.5) is 15.9 Å². The smallest absolute Gasteiger partial charge is 0.262 e. The number of ether oxygens (including phenoxy) is 1. The number of nitrogens with one attached hydrogen (secondary N) is 1. The molecule has 4 saturated heterocycles. The minimum atomic E-state index is -1.10. The molecule has 11 rings (SSSR count). The molecule has 3 unspecified atom stereocenters. The number of hydrogen-bond acceptors (Lipinski definition) is 11. The number of imide groups is 2. The zero-order valence-corrected chi connectivity index (χ0v) is 31.7. The number of halogens is 1. The maximum Gasteiger partial charge on any atom is 0.262 e. The summed E-state index contributed by atoms with van der Waals surface area (Å²) in [5, 5.41) is 8.06. The van der Waals surface area contributed by atoms with Crippen LogP contribution in [-0.2, 0) is 9.59 Å². The van der Waals surface area contributed by atoms with Gasteiger partial charge in [0.2, 0.25) is 11.8 Å². The Hall–Kier alpha value is -6.22. The molecular weight excluding hydrogens is 742 g/mol. The van der Waals surface area contributed by atoms with Crippen molar-refractivity contribution >= 4 is 46.2 Å². The molecular formula is C43H42FN9O5. The molecule has 15 heteroatoms. The van der Waals surface area contributed by atoms with Gasteiger partial charge in [-0.25, -0.2) is 19.0 Å². The van der Waals surface area contributed by atoms with Gasteiger partial charge in [0, 0.05) is 43.7 Å². The lowest BCUT2D eigenvalue weighted by molar-refractivity contribution is -0.136. The maximum absolute atomic E-state index is 15.8. The topological polar surface area (TPSA) is 169 Å². The van der Waals surface area contributed by atoms with Crippen molar-refractivity contribution in [2.45, 2.75) is 75.5 Å². The predicted molar refractivity (Wildman–Crippen MR) is 211 cm³/mol. The fourth-order valence-corrected chi connectivity index (χ4v) is 9.79. The first-order chi connectivity index (χ1) is 28.2. The molecule has 296 valence electrons. The van der Waals surface area contributed by atoms with Crippen molar-refractivity contribution in [3.63, 3.8) is 0 Å². The van der Waals surface area contributed by atoms with Crippen LogP contribution >= 0.6 is 0 Å². The van der Waals surface area contributed by atoms with Gasteiger partial charge in [0.1, 0.15) is 41.2 Å². The molecule has 6 aliphatic rings. The molecule has 3 atom stereocenters. The van der Waals surface area contributed by atoms with Crippen LogP contribution in [0, 0.1) is 11.7 Å². The van der Waals surface area contributed by atoms with Gasteiger partial charge >= 0.3 is 0 Å². The van der Waals surface area contributed by atoms with Gasteiger partial charge in [-0.3, -0.25) is 34.3 Å². The summed E-state index contributed by atoms with van der Waals surface area (Å²) in [6, 6.07) is 19.5. The zero-order valence-electron chi connectivity index (χ0n) is 31.7. The SMILES string of the molecule is Nc1ncnc2c1c(-c1ccc(Oc3ccccc3)cc1)nn2C1CCC(CN2CC3CCC2CN3c2cc3c(cc2F)C(=O)N(C2CCC(=O)NC2=O)C3=O)CC1. The molecule has 4 amide bonds. The highest BCUT2D eigenvalue weighted by molar-refractivity contribution is 6.23. The predicted octanol–water partition coefficient (Wildman–Crippen LogP) is 5.49. The van der Waals surface area contributed by atoms with Gasteiger partial charge in [-0.05, 0) is 99.4 Å². The second kappa shape index (κ2) is 14.3. The van der Waals surface area contributed by atoms with Crippen molar-refractivity contribution in [1.29, 1.82) is 0 Å². The number of rotatable bonds is 8. The first-order valence-electron chi connectivity index (χ1n) is 20.1. The number of carbonyl (C=O) groups excluding carboxylic acids is 4. The van der Waals surface area contributed by atoms with Gasteiger partial charge in [0.25, 0.3) is 11.8 Å². The van der Waals surface area contributed by atoms with Crippen LogP contribution in [0.15, 0.2) is 73.1 Å². The number of anilines is 2. The minimum Gasteiger partial charge on any atom is -0.457 e. The molecule has 1 saturated carbocycles. The first-order valence-corrected chi connectivity index (χ1v) is 20.1. The second-order valence-corrected chi connectivity index (χ2v) is 16.2. The molecule has 0 radical (unpaired) electrons. The van der Waals surface area contributed by atoms with E-state index < -0.39 is 35.5 Å². The van der Waals surface area contributed by atoms with Crippen LogP contribution < -0.4 is 20.7 Å². The zero-order chi connectivity index (χ0) is 39.7. The van der Waals surface area contributed by atoms with Crippen LogP contribution in [-0.4, -0.2) is 90.9 Å². The number of nitrogens with zero attached hydrogens (tertiary/aromatic N) is 7. The summed E-state index contributed by atoms with van der Waals surface area (Å²) >= 11 is 0. The van der Waals surface area contributed by atoms with Gasteiger partial charge in [-0.15, -0.1) is 0 Å². The molecule has 3 N–H and O–H groups in total. The van der Waals surface area contributed by atoms with E-state index in [1.165, 1.54) is 12.4 Å². The molecule has 5 fully saturated rings. The average molecular weight is 784 g/mol. The summed E-state index contributed by atoms with van der Waals surface area (Å²) in [7, 11) is 0. The molecule has 1 aliphatic carbocycles. The van der Waals surface area contributed by atoms with Crippen molar-refractivity contribution in [2.24, 2.45) is 5.92 Å². The number of benzene rings is 3. The van der Waals surface area contributed by atoms with Crippen molar-refractivity contribution < 1.29 is 28.3 Å². The Morgan fingerprint density at radius 1 is 0.793 bits per heavy atom. The number of amides is 4. The third kappa shape index (κ3) is 6.24. The van der Waals surface area contributed by atoms with Crippen LogP contribution in [0.5, 0.6) is 11.5 Å². The number of piperazine rings is 1. The highest BCUT2D eigenvalue weighted by atomic mass is 19.1. The van der Waals surface area contributed by atoms with Crippen molar-refractivity contribution in [1.82, 2.24) is 34.9 Å². The number of piperidine rings is 3. The van der Waals surface area contributed by atoms with Gasteiger partial charge in [-0.1, -0.05) is 18.2 Å². The number of para-hydroxylation sites is 1. The Morgan fingerprint density at radius 2 is 1.50 bits per heavy atom. The molecule has 3 aromatic carbocycles. The van der Waals surface area contributed by atoms with E-state index in [1.54, 1.807) is 0 Å². The number of fused-ring (bicyclic) bond motifs is 5. The monoisotopic (exact) mass is 783 g/mol. The Labute approximate surface area is 333 Å². The number of nitrogen functional groups attached to an aromatic ring is 1. The summed E-state index contributed by atoms with van der Waals surface area (Å²) in [5.41, 5.74) is 9.19. The number of aromatic nitrogens is 4. The van der Waals surface area contributed by atoms with Crippen LogP contribution in [0.3, 0.4) is 0 Å². The largest absolute Gasteiger partial charge is 0.457 e. The maximum atomic E-state index is 15.8.